The van der Waals surface area contributed by atoms with Gasteiger partial charge in [-0.15, -0.1) is 11.6 Å². The minimum atomic E-state index is 0.0876. The molecule has 1 N–H and O–H groups in total. The van der Waals surface area contributed by atoms with Crippen LogP contribution in [0.25, 0.3) is 10.8 Å². The van der Waals surface area contributed by atoms with Crippen LogP contribution in [-0.4, -0.2) is 23.5 Å². The Morgan fingerprint density at radius 1 is 1.35 bits per heavy atom. The van der Waals surface area contributed by atoms with E-state index >= 15 is 0 Å². The number of anilines is 1. The number of pyridine rings is 1. The van der Waals surface area contributed by atoms with Gasteiger partial charge in [-0.05, 0) is 30.0 Å². The molecule has 0 radical (unpaired) electrons. The van der Waals surface area contributed by atoms with E-state index in [1.165, 1.54) is 0 Å². The number of methoxy groups -OCH3 is 1. The lowest BCUT2D eigenvalue weighted by Crippen LogP contribution is -2.54. The predicted octanol–water partition coefficient (Wildman–Crippen LogP) is 4.06. The van der Waals surface area contributed by atoms with Crippen molar-refractivity contribution in [3.8, 4) is 5.75 Å². The van der Waals surface area contributed by atoms with Gasteiger partial charge in [-0.25, -0.2) is 4.98 Å². The number of nitrogens with zero attached hydrogens (tertiary/aromatic N) is 1. The van der Waals surface area contributed by atoms with Crippen LogP contribution in [0, 0.1) is 5.41 Å². The van der Waals surface area contributed by atoms with Gasteiger partial charge in [-0.3, -0.25) is 0 Å². The third-order valence-electron chi connectivity index (χ3n) is 4.43. The molecule has 1 aliphatic rings. The molecule has 1 fully saturated rings. The first-order chi connectivity index (χ1) is 9.52. The Bertz CT molecular complexity index is 641. The molecule has 0 saturated heterocycles. The van der Waals surface area contributed by atoms with Crippen LogP contribution in [-0.2, 0) is 0 Å². The maximum Gasteiger partial charge on any atom is 0.134 e. The molecule has 2 aromatic rings. The molecule has 3 nitrogen and oxygen atoms in total. The van der Waals surface area contributed by atoms with E-state index in [1.54, 1.807) is 7.11 Å². The first-order valence-electron chi connectivity index (χ1n) is 6.85. The summed E-state index contributed by atoms with van der Waals surface area (Å²) < 4.78 is 5.30. The SMILES string of the molecule is COc1ccc2ccnc(NC3CC(Cl)C3(C)C)c2c1. The van der Waals surface area contributed by atoms with Crippen LogP contribution in [0.1, 0.15) is 20.3 Å². The monoisotopic (exact) mass is 290 g/mol. The summed E-state index contributed by atoms with van der Waals surface area (Å²) in [5.74, 6) is 1.75. The van der Waals surface area contributed by atoms with E-state index in [2.05, 4.69) is 30.2 Å². The molecule has 4 heteroatoms. The van der Waals surface area contributed by atoms with Crippen LogP contribution < -0.4 is 10.1 Å². The summed E-state index contributed by atoms with van der Waals surface area (Å²) in [6.07, 6.45) is 2.80. The third kappa shape index (κ3) is 2.10. The fourth-order valence-electron chi connectivity index (χ4n) is 2.67. The molecule has 2 atom stereocenters. The summed E-state index contributed by atoms with van der Waals surface area (Å²) in [4.78, 5) is 4.48. The Morgan fingerprint density at radius 2 is 2.15 bits per heavy atom. The molecule has 20 heavy (non-hydrogen) atoms. The molecule has 1 saturated carbocycles. The third-order valence-corrected chi connectivity index (χ3v) is 5.17. The average molecular weight is 291 g/mol. The summed E-state index contributed by atoms with van der Waals surface area (Å²) >= 11 is 6.29. The largest absolute Gasteiger partial charge is 0.497 e. The van der Waals surface area contributed by atoms with Crippen molar-refractivity contribution in [3.63, 3.8) is 0 Å². The molecule has 1 aromatic carbocycles. The van der Waals surface area contributed by atoms with Gasteiger partial charge < -0.3 is 10.1 Å². The summed E-state index contributed by atoms with van der Waals surface area (Å²) in [7, 11) is 1.68. The minimum absolute atomic E-state index is 0.0876. The Morgan fingerprint density at radius 3 is 2.80 bits per heavy atom. The zero-order valence-electron chi connectivity index (χ0n) is 12.0. The number of alkyl halides is 1. The smallest absolute Gasteiger partial charge is 0.134 e. The van der Waals surface area contributed by atoms with Crippen molar-refractivity contribution in [2.45, 2.75) is 31.7 Å². The van der Waals surface area contributed by atoms with Gasteiger partial charge in [-0.1, -0.05) is 19.9 Å². The molecular formula is C16H19ClN2O. The first kappa shape index (κ1) is 13.5. The van der Waals surface area contributed by atoms with Crippen molar-refractivity contribution >= 4 is 28.2 Å². The molecule has 1 aliphatic carbocycles. The zero-order valence-corrected chi connectivity index (χ0v) is 12.7. The Balaban J connectivity index is 1.95. The Hall–Kier alpha value is -1.48. The molecule has 106 valence electrons. The standard InChI is InChI=1S/C16H19ClN2O/c1-16(2)13(17)9-14(16)19-15-12-8-11(20-3)5-4-10(12)6-7-18-15/h4-8,13-14H,9H2,1-3H3,(H,18,19). The van der Waals surface area contributed by atoms with Gasteiger partial charge in [0.2, 0.25) is 0 Å². The number of fused-ring (bicyclic) bond motifs is 1. The summed E-state index contributed by atoms with van der Waals surface area (Å²) in [5.41, 5.74) is 0.0876. The highest BCUT2D eigenvalue weighted by Gasteiger charge is 2.47. The molecule has 2 unspecified atom stereocenters. The predicted molar refractivity (Wildman–Crippen MR) is 83.7 cm³/mol. The van der Waals surface area contributed by atoms with E-state index in [9.17, 15) is 0 Å². The van der Waals surface area contributed by atoms with Crippen LogP contribution in [0.4, 0.5) is 5.82 Å². The topological polar surface area (TPSA) is 34.1 Å². The van der Waals surface area contributed by atoms with Crippen molar-refractivity contribution in [1.82, 2.24) is 4.98 Å². The van der Waals surface area contributed by atoms with Gasteiger partial charge in [0, 0.05) is 28.4 Å². The highest BCUT2D eigenvalue weighted by molar-refractivity contribution is 6.22. The van der Waals surface area contributed by atoms with E-state index in [1.807, 2.05) is 24.4 Å². The molecule has 0 bridgehead atoms. The van der Waals surface area contributed by atoms with E-state index in [4.69, 9.17) is 16.3 Å². The lowest BCUT2D eigenvalue weighted by Gasteiger charge is -2.49. The average Bonchev–Trinajstić information content (AvgIpc) is 2.46. The summed E-state index contributed by atoms with van der Waals surface area (Å²) in [5, 5.41) is 6.01. The maximum absolute atomic E-state index is 6.29. The van der Waals surface area contributed by atoms with E-state index in [0.717, 1.165) is 28.8 Å². The maximum atomic E-state index is 6.29. The molecule has 0 aliphatic heterocycles. The van der Waals surface area contributed by atoms with Gasteiger partial charge in [0.05, 0.1) is 7.11 Å². The normalized spacial score (nSPS) is 24.2. The Labute approximate surface area is 124 Å². The van der Waals surface area contributed by atoms with Crippen LogP contribution in [0.5, 0.6) is 5.75 Å². The van der Waals surface area contributed by atoms with Crippen LogP contribution >= 0.6 is 11.6 Å². The van der Waals surface area contributed by atoms with Crippen LogP contribution in [0.3, 0.4) is 0 Å². The quantitative estimate of drug-likeness (QED) is 0.866. The van der Waals surface area contributed by atoms with Gasteiger partial charge in [0.25, 0.3) is 0 Å². The number of aromatic nitrogens is 1. The summed E-state index contributed by atoms with van der Waals surface area (Å²) in [6.45, 7) is 4.38. The minimum Gasteiger partial charge on any atom is -0.497 e. The molecule has 3 rings (SSSR count). The van der Waals surface area contributed by atoms with Crippen LogP contribution in [0.2, 0.25) is 0 Å². The molecule has 0 amide bonds. The lowest BCUT2D eigenvalue weighted by atomic mass is 9.67. The van der Waals surface area contributed by atoms with E-state index < -0.39 is 0 Å². The van der Waals surface area contributed by atoms with Crippen molar-refractivity contribution in [3.05, 3.63) is 30.5 Å². The molecular weight excluding hydrogens is 272 g/mol. The molecule has 1 aromatic heterocycles. The Kier molecular flexibility index (Phi) is 3.25. The van der Waals surface area contributed by atoms with E-state index in [-0.39, 0.29) is 10.8 Å². The van der Waals surface area contributed by atoms with Gasteiger partial charge in [0.1, 0.15) is 11.6 Å². The summed E-state index contributed by atoms with van der Waals surface area (Å²) in [6, 6.07) is 8.41. The molecule has 1 heterocycles. The number of ether oxygens (including phenoxy) is 1. The van der Waals surface area contributed by atoms with Gasteiger partial charge >= 0.3 is 0 Å². The zero-order chi connectivity index (χ0) is 14.3. The second kappa shape index (κ2) is 4.81. The van der Waals surface area contributed by atoms with Gasteiger partial charge in [0.15, 0.2) is 0 Å². The first-order valence-corrected chi connectivity index (χ1v) is 7.29. The highest BCUT2D eigenvalue weighted by atomic mass is 35.5. The van der Waals surface area contributed by atoms with Gasteiger partial charge in [-0.2, -0.15) is 0 Å². The number of hydrogen-bond acceptors (Lipinski definition) is 3. The van der Waals surface area contributed by atoms with Crippen LogP contribution in [0.15, 0.2) is 30.5 Å². The number of benzene rings is 1. The number of hydrogen-bond donors (Lipinski definition) is 1. The number of halogens is 1. The fraction of sp³-hybridized carbons (Fsp3) is 0.438. The number of nitrogens with one attached hydrogen (secondary N) is 1. The van der Waals surface area contributed by atoms with Crippen molar-refractivity contribution in [2.75, 3.05) is 12.4 Å². The van der Waals surface area contributed by atoms with Crippen molar-refractivity contribution in [1.29, 1.82) is 0 Å². The lowest BCUT2D eigenvalue weighted by molar-refractivity contribution is 0.168. The second-order valence-corrected chi connectivity index (χ2v) is 6.49. The molecule has 0 spiro atoms. The number of rotatable bonds is 3. The second-order valence-electron chi connectivity index (χ2n) is 5.97. The fourth-order valence-corrected chi connectivity index (χ4v) is 3.00. The van der Waals surface area contributed by atoms with E-state index in [0.29, 0.717) is 6.04 Å². The van der Waals surface area contributed by atoms with Crippen molar-refractivity contribution < 1.29 is 4.74 Å². The van der Waals surface area contributed by atoms with Crippen molar-refractivity contribution in [2.24, 2.45) is 5.41 Å². The highest BCUT2D eigenvalue weighted by Crippen LogP contribution is 2.46.